The van der Waals surface area contributed by atoms with E-state index in [0.29, 0.717) is 23.5 Å². The Morgan fingerprint density at radius 1 is 1.36 bits per heavy atom. The van der Waals surface area contributed by atoms with Gasteiger partial charge >= 0.3 is 11.7 Å². The number of hydrogen-bond acceptors (Lipinski definition) is 13. The number of carboxylic acids is 1. The molecule has 5 rings (SSSR count). The molecular weight excluding hydrogens is 609 g/mol. The van der Waals surface area contributed by atoms with Gasteiger partial charge in [-0.2, -0.15) is 0 Å². The standard InChI is InChI=1S/C23H24N10O6S3/c1-39-30-15(12-10-42-23(25)27-12)18(34)28-16-19(35)33-17(21(36)37)11(9-41-20(16)33)8-31-5-6-32-14(31)3-2-13(29-32)40-7-4-26-22(24)38/h2-3,5-6,10,16,20H,4,7-9H2,1H3,(H6-,24,25,26,27,28,34,36,37,38)/b30-15-/t16-,20-/m1/s1. The zero-order valence-electron chi connectivity index (χ0n) is 21.9. The number of nitrogens with two attached hydrogens (primary N) is 2. The van der Waals surface area contributed by atoms with Gasteiger partial charge in [0.2, 0.25) is 0 Å². The highest BCUT2D eigenvalue weighted by atomic mass is 32.2. The van der Waals surface area contributed by atoms with Crippen molar-refractivity contribution in [2.24, 2.45) is 10.9 Å². The third kappa shape index (κ3) is 5.83. The maximum Gasteiger partial charge on any atom is 0.312 e. The first-order valence-electron chi connectivity index (χ1n) is 12.2. The van der Waals surface area contributed by atoms with E-state index in [-0.39, 0.29) is 34.5 Å². The number of urea groups is 1. The molecule has 1 saturated heterocycles. The van der Waals surface area contributed by atoms with Crippen LogP contribution < -0.4 is 31.8 Å². The van der Waals surface area contributed by atoms with Gasteiger partial charge in [-0.05, 0) is 6.07 Å². The van der Waals surface area contributed by atoms with Crippen LogP contribution in [-0.4, -0.2) is 85.6 Å². The second kappa shape index (κ2) is 12.2. The van der Waals surface area contributed by atoms with E-state index in [1.807, 2.05) is 16.7 Å². The lowest BCUT2D eigenvalue weighted by atomic mass is 10.0. The number of nitrogen functional groups attached to an aromatic ring is 1. The fourth-order valence-corrected chi connectivity index (χ4v) is 7.02. The minimum atomic E-state index is -1.49. The number of rotatable bonds is 11. The number of anilines is 1. The highest BCUT2D eigenvalue weighted by molar-refractivity contribution is 8.00. The number of fused-ring (bicyclic) bond motifs is 2. The van der Waals surface area contributed by atoms with Crippen LogP contribution in [0.4, 0.5) is 9.93 Å². The number of nitrogens with zero attached hydrogens (tertiary/aromatic N) is 6. The quantitative estimate of drug-likeness (QED) is 0.0446. The molecule has 42 heavy (non-hydrogen) atoms. The molecule has 2 atom stereocenters. The van der Waals surface area contributed by atoms with Crippen LogP contribution in [0.1, 0.15) is 5.69 Å². The summed E-state index contributed by atoms with van der Waals surface area (Å²) in [4.78, 5) is 59.1. The molecule has 2 aliphatic rings. The van der Waals surface area contributed by atoms with E-state index in [0.717, 1.165) is 21.3 Å². The smallest absolute Gasteiger partial charge is 0.312 e. The molecule has 19 heteroatoms. The molecule has 16 nitrogen and oxygen atoms in total. The van der Waals surface area contributed by atoms with E-state index >= 15 is 0 Å². The highest BCUT2D eigenvalue weighted by Crippen LogP contribution is 2.40. The molecule has 0 saturated carbocycles. The first-order chi connectivity index (χ1) is 20.2. The molecule has 0 unspecified atom stereocenters. The van der Waals surface area contributed by atoms with Gasteiger partial charge in [0.05, 0.1) is 11.7 Å². The second-order valence-electron chi connectivity index (χ2n) is 8.83. The van der Waals surface area contributed by atoms with Gasteiger partial charge in [0.15, 0.2) is 17.0 Å². The van der Waals surface area contributed by atoms with Crippen LogP contribution in [0.2, 0.25) is 0 Å². The number of carbonyl (C=O) groups is 4. The largest absolute Gasteiger partial charge is 0.543 e. The Morgan fingerprint density at radius 3 is 2.86 bits per heavy atom. The van der Waals surface area contributed by atoms with E-state index in [9.17, 15) is 24.3 Å². The number of β-lactam (4-membered cyclic amide) rings is 1. The van der Waals surface area contributed by atoms with Crippen molar-refractivity contribution < 1.29 is 33.7 Å². The van der Waals surface area contributed by atoms with Crippen molar-refractivity contribution in [3.8, 4) is 0 Å². The zero-order valence-corrected chi connectivity index (χ0v) is 24.3. The first-order valence-corrected chi connectivity index (χ1v) is 15.1. The molecule has 0 spiro atoms. The summed E-state index contributed by atoms with van der Waals surface area (Å²) in [5.41, 5.74) is 11.7. The van der Waals surface area contributed by atoms with E-state index in [2.05, 4.69) is 25.9 Å². The number of thioether (sulfide) groups is 2. The Balaban J connectivity index is 1.30. The Hall–Kier alpha value is -4.36. The van der Waals surface area contributed by atoms with Gasteiger partial charge < -0.3 is 36.8 Å². The molecule has 0 aliphatic carbocycles. The third-order valence-corrected chi connectivity index (χ3v) is 9.14. The summed E-state index contributed by atoms with van der Waals surface area (Å²) in [6, 6.07) is 2.07. The van der Waals surface area contributed by atoms with E-state index < -0.39 is 35.2 Å². The number of carbonyl (C=O) groups excluding carboxylic acids is 4. The number of oxime groups is 1. The van der Waals surface area contributed by atoms with E-state index in [1.54, 1.807) is 16.9 Å². The number of thiazole rings is 1. The van der Waals surface area contributed by atoms with Crippen molar-refractivity contribution >= 4 is 75.2 Å². The summed E-state index contributed by atoms with van der Waals surface area (Å²) in [5.74, 6) is -1.93. The van der Waals surface area contributed by atoms with Crippen molar-refractivity contribution in [1.82, 2.24) is 30.1 Å². The normalized spacial score (nSPS) is 18.5. The topological polar surface area (TPSA) is 226 Å². The second-order valence-corrected chi connectivity index (χ2v) is 11.9. The molecule has 0 radical (unpaired) electrons. The van der Waals surface area contributed by atoms with Crippen LogP contribution in [0.5, 0.6) is 0 Å². The predicted molar refractivity (Wildman–Crippen MR) is 151 cm³/mol. The predicted octanol–water partition coefficient (Wildman–Crippen LogP) is -2.12. The summed E-state index contributed by atoms with van der Waals surface area (Å²) in [7, 11) is 1.27. The summed E-state index contributed by atoms with van der Waals surface area (Å²) >= 11 is 3.87. The Morgan fingerprint density at radius 2 is 2.17 bits per heavy atom. The first kappa shape index (κ1) is 29.1. The lowest BCUT2D eigenvalue weighted by Gasteiger charge is -2.50. The maximum atomic E-state index is 13.1. The van der Waals surface area contributed by atoms with Gasteiger partial charge in [0, 0.05) is 35.1 Å². The van der Waals surface area contributed by atoms with Crippen LogP contribution in [0.15, 0.2) is 51.4 Å². The van der Waals surface area contributed by atoms with Gasteiger partial charge in [0.1, 0.15) is 42.0 Å². The van der Waals surface area contributed by atoms with Crippen molar-refractivity contribution in [1.29, 1.82) is 0 Å². The third-order valence-electron chi connectivity index (χ3n) is 6.20. The molecular formula is C23H24N10O6S3. The molecule has 0 aromatic carbocycles. The summed E-state index contributed by atoms with van der Waals surface area (Å²) in [5, 5.41) is 27.4. The van der Waals surface area contributed by atoms with Crippen LogP contribution in [0, 0.1) is 0 Å². The van der Waals surface area contributed by atoms with Gasteiger partial charge in [-0.3, -0.25) is 14.5 Å². The van der Waals surface area contributed by atoms with Crippen molar-refractivity contribution in [3.05, 3.63) is 46.9 Å². The number of imidazole rings is 1. The Labute approximate surface area is 250 Å². The molecule has 6 N–H and O–H groups in total. The minimum absolute atomic E-state index is 0.164. The Kier molecular flexibility index (Phi) is 8.50. The van der Waals surface area contributed by atoms with Crippen molar-refractivity contribution in [3.63, 3.8) is 0 Å². The van der Waals surface area contributed by atoms with Crippen molar-refractivity contribution in [2.75, 3.05) is 30.9 Å². The molecule has 3 aromatic rings. The summed E-state index contributed by atoms with van der Waals surface area (Å²) in [6.07, 6.45) is 3.49. The number of nitrogens with one attached hydrogen (secondary N) is 2. The SMILES string of the molecule is CO/N=C(\C(=O)N[C@@H]1C(=O)N2C(C(=O)[O-])=C(C[n+]3ccn4nc(SCCNC(N)=O)ccc43)CS[C@H]12)c1csc(N)n1. The number of primary amides is 1. The molecule has 220 valence electrons. The summed E-state index contributed by atoms with van der Waals surface area (Å²) in [6.45, 7) is 0.569. The monoisotopic (exact) mass is 632 g/mol. The van der Waals surface area contributed by atoms with Gasteiger partial charge in [0.25, 0.3) is 11.8 Å². The number of amides is 4. The zero-order chi connectivity index (χ0) is 30.0. The van der Waals surface area contributed by atoms with Gasteiger partial charge in [-0.15, -0.1) is 39.4 Å². The van der Waals surface area contributed by atoms with E-state index in [4.69, 9.17) is 16.3 Å². The maximum absolute atomic E-state index is 13.1. The minimum Gasteiger partial charge on any atom is -0.543 e. The number of carboxylic acid groups (broad SMARTS) is 1. The van der Waals surface area contributed by atoms with Crippen LogP contribution in [0.25, 0.3) is 5.65 Å². The van der Waals surface area contributed by atoms with Crippen molar-refractivity contribution in [2.45, 2.75) is 23.0 Å². The molecule has 2 aliphatic heterocycles. The molecule has 5 heterocycles. The molecule has 4 amide bonds. The molecule has 0 bridgehead atoms. The Bertz CT molecular complexity index is 1640. The molecule has 3 aromatic heterocycles. The lowest BCUT2D eigenvalue weighted by Crippen LogP contribution is -2.71. The van der Waals surface area contributed by atoms with Crippen LogP contribution in [0.3, 0.4) is 0 Å². The average molecular weight is 633 g/mol. The van der Waals surface area contributed by atoms with Crippen LogP contribution in [-0.2, 0) is 25.8 Å². The number of aromatic nitrogens is 4. The lowest BCUT2D eigenvalue weighted by molar-refractivity contribution is -0.662. The molecule has 1 fully saturated rings. The average Bonchev–Trinajstić information content (AvgIpc) is 3.57. The highest BCUT2D eigenvalue weighted by Gasteiger charge is 2.53. The van der Waals surface area contributed by atoms with Gasteiger partial charge in [-0.25, -0.2) is 14.3 Å². The fraction of sp³-hybridized carbons (Fsp3) is 0.304. The number of aliphatic carboxylic acids is 1. The van der Waals surface area contributed by atoms with Crippen LogP contribution >= 0.6 is 34.9 Å². The fourth-order valence-electron chi connectivity index (χ4n) is 4.41. The summed E-state index contributed by atoms with van der Waals surface area (Å²) < 4.78 is 3.46. The van der Waals surface area contributed by atoms with Gasteiger partial charge in [-0.1, -0.05) is 10.3 Å². The number of hydrogen-bond donors (Lipinski definition) is 4. The van der Waals surface area contributed by atoms with E-state index in [1.165, 1.54) is 36.0 Å².